The summed E-state index contributed by atoms with van der Waals surface area (Å²) in [6.45, 7) is 2.17. The number of aliphatic imine (C=N–C) groups is 1. The van der Waals surface area contributed by atoms with Crippen molar-refractivity contribution in [1.29, 1.82) is 0 Å². The second-order valence-electron chi connectivity index (χ2n) is 1.86. The van der Waals surface area contributed by atoms with Gasteiger partial charge in [0.05, 0.1) is 6.54 Å². The second-order valence-corrected chi connectivity index (χ2v) is 1.86. The van der Waals surface area contributed by atoms with Gasteiger partial charge in [-0.3, -0.25) is 4.99 Å². The molecule has 1 nitrogen and oxygen atoms in total. The summed E-state index contributed by atoms with van der Waals surface area (Å²) < 4.78 is 12.2. The van der Waals surface area contributed by atoms with E-state index in [1.54, 1.807) is 6.08 Å². The maximum atomic E-state index is 12.2. The largest absolute Gasteiger partial charge is 0.287 e. The Hall–Kier alpha value is -0.660. The fourth-order valence-electron chi connectivity index (χ4n) is 0.588. The highest BCUT2D eigenvalue weighted by molar-refractivity contribution is 5.93. The Balaban J connectivity index is 2.58. The number of hydrogen-bond acceptors (Lipinski definition) is 1. The van der Waals surface area contributed by atoms with E-state index in [0.717, 1.165) is 5.71 Å². The number of allylic oxidation sites excluding steroid dienone is 1. The molecule has 1 heterocycles. The molecule has 2 heteroatoms. The van der Waals surface area contributed by atoms with Gasteiger partial charge in [-0.15, -0.1) is 0 Å². The highest BCUT2D eigenvalue weighted by Crippen LogP contribution is 2.00. The molecule has 1 atom stereocenters. The number of dihydropyridines is 1. The molecule has 0 fully saturated rings. The molecule has 0 saturated carbocycles. The first-order valence-corrected chi connectivity index (χ1v) is 2.62. The Bertz CT molecular complexity index is 137. The van der Waals surface area contributed by atoms with E-state index in [1.807, 2.05) is 6.92 Å². The van der Waals surface area contributed by atoms with Crippen LogP contribution < -0.4 is 0 Å². The standard InChI is InChI=1S/C6H8FN/c1-5-2-3-6(7)4-8-5/h2-3,6H,4H2,1H3. The highest BCUT2D eigenvalue weighted by Gasteiger charge is 2.02. The van der Waals surface area contributed by atoms with E-state index in [0.29, 0.717) is 6.54 Å². The molecule has 0 aromatic heterocycles. The molecule has 0 aromatic carbocycles. The van der Waals surface area contributed by atoms with Crippen molar-refractivity contribution in [3.8, 4) is 0 Å². The Morgan fingerprint density at radius 3 is 3.00 bits per heavy atom. The van der Waals surface area contributed by atoms with E-state index in [1.165, 1.54) is 6.08 Å². The average Bonchev–Trinajstić information content (AvgIpc) is 1.77. The summed E-state index contributed by atoms with van der Waals surface area (Å²) in [7, 11) is 0. The first kappa shape index (κ1) is 5.48. The molecular formula is C6H8FN. The molecule has 0 spiro atoms. The number of alkyl halides is 1. The highest BCUT2D eigenvalue weighted by atomic mass is 19.1. The predicted molar refractivity (Wildman–Crippen MR) is 32.0 cm³/mol. The zero-order valence-electron chi connectivity index (χ0n) is 4.76. The van der Waals surface area contributed by atoms with Crippen molar-refractivity contribution in [3.05, 3.63) is 12.2 Å². The summed E-state index contributed by atoms with van der Waals surface area (Å²) >= 11 is 0. The summed E-state index contributed by atoms with van der Waals surface area (Å²) in [4.78, 5) is 3.87. The normalized spacial score (nSPS) is 27.8. The van der Waals surface area contributed by atoms with Crippen LogP contribution in [0, 0.1) is 0 Å². The maximum Gasteiger partial charge on any atom is 0.138 e. The summed E-state index contributed by atoms with van der Waals surface area (Å²) in [6.07, 6.45) is 2.38. The number of hydrogen-bond donors (Lipinski definition) is 0. The smallest absolute Gasteiger partial charge is 0.138 e. The molecule has 0 aromatic rings. The van der Waals surface area contributed by atoms with Crippen LogP contribution in [0.15, 0.2) is 17.1 Å². The molecule has 8 heavy (non-hydrogen) atoms. The van der Waals surface area contributed by atoms with Crippen LogP contribution in [0.4, 0.5) is 4.39 Å². The predicted octanol–water partition coefficient (Wildman–Crippen LogP) is 1.36. The summed E-state index contributed by atoms with van der Waals surface area (Å²) in [5, 5.41) is 0. The minimum atomic E-state index is -0.848. The molecular weight excluding hydrogens is 105 g/mol. The lowest BCUT2D eigenvalue weighted by Gasteiger charge is -2.03. The van der Waals surface area contributed by atoms with Gasteiger partial charge in [-0.05, 0) is 19.1 Å². The fraction of sp³-hybridized carbons (Fsp3) is 0.500. The molecule has 1 rings (SSSR count). The zero-order chi connectivity index (χ0) is 5.98. The lowest BCUT2D eigenvalue weighted by atomic mass is 10.2. The van der Waals surface area contributed by atoms with Crippen molar-refractivity contribution in [2.75, 3.05) is 6.54 Å². The Morgan fingerprint density at radius 1 is 1.88 bits per heavy atom. The van der Waals surface area contributed by atoms with Gasteiger partial charge in [0.2, 0.25) is 0 Å². The first-order valence-electron chi connectivity index (χ1n) is 2.62. The van der Waals surface area contributed by atoms with Crippen LogP contribution in [-0.2, 0) is 0 Å². The minimum Gasteiger partial charge on any atom is -0.287 e. The lowest BCUT2D eigenvalue weighted by molar-refractivity contribution is 0.407. The van der Waals surface area contributed by atoms with E-state index < -0.39 is 6.17 Å². The van der Waals surface area contributed by atoms with Crippen LogP contribution in [0.2, 0.25) is 0 Å². The fourth-order valence-corrected chi connectivity index (χ4v) is 0.588. The first-order chi connectivity index (χ1) is 3.79. The lowest BCUT2D eigenvalue weighted by Crippen LogP contribution is -2.07. The van der Waals surface area contributed by atoms with Crippen molar-refractivity contribution in [1.82, 2.24) is 0 Å². The molecule has 0 bridgehead atoms. The second kappa shape index (κ2) is 2.07. The van der Waals surface area contributed by atoms with Gasteiger partial charge >= 0.3 is 0 Å². The van der Waals surface area contributed by atoms with Crippen LogP contribution in [0.1, 0.15) is 6.92 Å². The van der Waals surface area contributed by atoms with Crippen LogP contribution in [0.3, 0.4) is 0 Å². The maximum absolute atomic E-state index is 12.2. The monoisotopic (exact) mass is 113 g/mol. The molecule has 1 aliphatic rings. The van der Waals surface area contributed by atoms with Gasteiger partial charge in [-0.25, -0.2) is 4.39 Å². The van der Waals surface area contributed by atoms with E-state index in [2.05, 4.69) is 4.99 Å². The quantitative estimate of drug-likeness (QED) is 0.449. The van der Waals surface area contributed by atoms with E-state index in [-0.39, 0.29) is 0 Å². The molecule has 0 radical (unpaired) electrons. The molecule has 44 valence electrons. The molecule has 1 unspecified atom stereocenters. The minimum absolute atomic E-state index is 0.308. The van der Waals surface area contributed by atoms with E-state index in [4.69, 9.17) is 0 Å². The SMILES string of the molecule is CC1=NCC(F)C=C1. The number of rotatable bonds is 0. The van der Waals surface area contributed by atoms with Crippen LogP contribution in [0.5, 0.6) is 0 Å². The number of nitrogens with zero attached hydrogens (tertiary/aromatic N) is 1. The molecule has 0 saturated heterocycles. The van der Waals surface area contributed by atoms with E-state index >= 15 is 0 Å². The summed E-state index contributed by atoms with van der Waals surface area (Å²) in [5.41, 5.74) is 0.916. The third-order valence-corrected chi connectivity index (χ3v) is 1.06. The zero-order valence-corrected chi connectivity index (χ0v) is 4.76. The van der Waals surface area contributed by atoms with E-state index in [9.17, 15) is 4.39 Å². The van der Waals surface area contributed by atoms with Gasteiger partial charge in [0, 0.05) is 5.71 Å². The number of halogens is 1. The van der Waals surface area contributed by atoms with Gasteiger partial charge in [0.25, 0.3) is 0 Å². The van der Waals surface area contributed by atoms with Crippen molar-refractivity contribution in [2.45, 2.75) is 13.1 Å². The van der Waals surface area contributed by atoms with Gasteiger partial charge in [-0.1, -0.05) is 0 Å². The van der Waals surface area contributed by atoms with Crippen molar-refractivity contribution >= 4 is 5.71 Å². The van der Waals surface area contributed by atoms with Crippen LogP contribution in [-0.4, -0.2) is 18.4 Å². The molecule has 0 aliphatic carbocycles. The van der Waals surface area contributed by atoms with Gasteiger partial charge in [-0.2, -0.15) is 0 Å². The van der Waals surface area contributed by atoms with Crippen LogP contribution >= 0.6 is 0 Å². The van der Waals surface area contributed by atoms with Gasteiger partial charge in [0.1, 0.15) is 6.17 Å². The van der Waals surface area contributed by atoms with Crippen molar-refractivity contribution in [2.24, 2.45) is 4.99 Å². The summed E-state index contributed by atoms with van der Waals surface area (Å²) in [6, 6.07) is 0. The molecule has 0 N–H and O–H groups in total. The van der Waals surface area contributed by atoms with Crippen molar-refractivity contribution in [3.63, 3.8) is 0 Å². The topological polar surface area (TPSA) is 12.4 Å². The van der Waals surface area contributed by atoms with Gasteiger partial charge < -0.3 is 0 Å². The third kappa shape index (κ3) is 1.15. The van der Waals surface area contributed by atoms with Gasteiger partial charge in [0.15, 0.2) is 0 Å². The molecule has 1 aliphatic heterocycles. The van der Waals surface area contributed by atoms with Crippen LogP contribution in [0.25, 0.3) is 0 Å². The molecule has 0 amide bonds. The average molecular weight is 113 g/mol. The van der Waals surface area contributed by atoms with Crippen molar-refractivity contribution < 1.29 is 4.39 Å². The third-order valence-electron chi connectivity index (χ3n) is 1.06. The Kier molecular flexibility index (Phi) is 1.42. The summed E-state index contributed by atoms with van der Waals surface area (Å²) in [5.74, 6) is 0. The Labute approximate surface area is 47.9 Å². The Morgan fingerprint density at radius 2 is 2.62 bits per heavy atom.